The molecular weight excluding hydrogens is 376 g/mol. The highest BCUT2D eigenvalue weighted by atomic mass is 35.5. The van der Waals surface area contributed by atoms with Crippen LogP contribution < -0.4 is 16.0 Å². The van der Waals surface area contributed by atoms with Crippen molar-refractivity contribution in [3.05, 3.63) is 29.8 Å². The molecular formula is C21H35ClN4O2. The van der Waals surface area contributed by atoms with Crippen LogP contribution in [-0.2, 0) is 11.3 Å². The molecule has 28 heavy (non-hydrogen) atoms. The van der Waals surface area contributed by atoms with Gasteiger partial charge in [-0.15, -0.1) is 12.4 Å². The van der Waals surface area contributed by atoms with Gasteiger partial charge in [-0.05, 0) is 42.9 Å². The van der Waals surface area contributed by atoms with Crippen molar-refractivity contribution in [1.29, 1.82) is 0 Å². The number of likely N-dealkylation sites (tertiary alicyclic amines) is 1. The van der Waals surface area contributed by atoms with Crippen LogP contribution in [0.1, 0.15) is 45.6 Å². The van der Waals surface area contributed by atoms with Crippen LogP contribution in [0.4, 0.5) is 10.5 Å². The molecule has 1 saturated heterocycles. The zero-order valence-corrected chi connectivity index (χ0v) is 18.1. The summed E-state index contributed by atoms with van der Waals surface area (Å²) in [6, 6.07) is 7.88. The first kappa shape index (κ1) is 24.2. The zero-order chi connectivity index (χ0) is 19.6. The number of anilines is 1. The fraction of sp³-hybridized carbons (Fsp3) is 0.619. The Morgan fingerprint density at radius 3 is 2.71 bits per heavy atom. The Morgan fingerprint density at radius 2 is 2.00 bits per heavy atom. The lowest BCUT2D eigenvalue weighted by Gasteiger charge is -2.32. The number of carbonyl (C=O) groups is 2. The van der Waals surface area contributed by atoms with E-state index in [0.29, 0.717) is 25.4 Å². The molecule has 0 radical (unpaired) electrons. The second-order valence-corrected chi connectivity index (χ2v) is 7.72. The third-order valence-corrected chi connectivity index (χ3v) is 4.80. The summed E-state index contributed by atoms with van der Waals surface area (Å²) in [5.74, 6) is 0.667. The van der Waals surface area contributed by atoms with E-state index in [4.69, 9.17) is 0 Å². The summed E-state index contributed by atoms with van der Waals surface area (Å²) >= 11 is 0. The van der Waals surface area contributed by atoms with Crippen molar-refractivity contribution in [3.8, 4) is 0 Å². The number of amides is 3. The molecule has 6 nitrogen and oxygen atoms in total. The summed E-state index contributed by atoms with van der Waals surface area (Å²) in [5.41, 5.74) is 1.96. The van der Waals surface area contributed by atoms with E-state index >= 15 is 0 Å². The Balaban J connectivity index is 0.00000392. The van der Waals surface area contributed by atoms with E-state index in [9.17, 15) is 9.59 Å². The lowest BCUT2D eigenvalue weighted by Crippen LogP contribution is -2.46. The molecule has 3 N–H and O–H groups in total. The van der Waals surface area contributed by atoms with Gasteiger partial charge in [-0.2, -0.15) is 0 Å². The standard InChI is InChI=1S/C21H34N4O2.ClH/c1-4-22-14-18-9-5-6-10-19(18)24-20(26)12-17-8-7-11-25(15-17)21(27)23-13-16(2)3;/h5-6,9-10,16-17,22H,4,7-8,11-15H2,1-3H3,(H,23,27)(H,24,26);1H. The Morgan fingerprint density at radius 1 is 1.25 bits per heavy atom. The van der Waals surface area contributed by atoms with E-state index in [-0.39, 0.29) is 30.3 Å². The van der Waals surface area contributed by atoms with Crippen LogP contribution in [0, 0.1) is 11.8 Å². The lowest BCUT2D eigenvalue weighted by molar-refractivity contribution is -0.117. The van der Waals surface area contributed by atoms with Crippen LogP contribution >= 0.6 is 12.4 Å². The van der Waals surface area contributed by atoms with Crippen LogP contribution in [0.2, 0.25) is 0 Å². The highest BCUT2D eigenvalue weighted by Crippen LogP contribution is 2.21. The van der Waals surface area contributed by atoms with E-state index in [0.717, 1.165) is 43.7 Å². The summed E-state index contributed by atoms with van der Waals surface area (Å²) < 4.78 is 0. The minimum Gasteiger partial charge on any atom is -0.338 e. The Hall–Kier alpha value is -1.79. The van der Waals surface area contributed by atoms with E-state index in [2.05, 4.69) is 36.7 Å². The fourth-order valence-corrected chi connectivity index (χ4v) is 3.34. The molecule has 1 atom stereocenters. The molecule has 158 valence electrons. The van der Waals surface area contributed by atoms with Gasteiger partial charge in [0.15, 0.2) is 0 Å². The first-order chi connectivity index (χ1) is 13.0. The monoisotopic (exact) mass is 410 g/mol. The van der Waals surface area contributed by atoms with Gasteiger partial charge in [0.1, 0.15) is 0 Å². The maximum absolute atomic E-state index is 12.5. The molecule has 0 aromatic heterocycles. The van der Waals surface area contributed by atoms with Crippen LogP contribution in [0.25, 0.3) is 0 Å². The number of nitrogens with one attached hydrogen (secondary N) is 3. The third kappa shape index (κ3) is 8.07. The van der Waals surface area contributed by atoms with Crippen molar-refractivity contribution in [2.75, 3.05) is 31.5 Å². The van der Waals surface area contributed by atoms with Crippen molar-refractivity contribution in [2.45, 2.75) is 46.6 Å². The van der Waals surface area contributed by atoms with E-state index in [1.807, 2.05) is 29.2 Å². The summed E-state index contributed by atoms with van der Waals surface area (Å²) in [6.45, 7) is 9.95. The Labute approximate surface area is 175 Å². The van der Waals surface area contributed by atoms with Crippen LogP contribution in [0.5, 0.6) is 0 Å². The minimum atomic E-state index is -0.00945. The van der Waals surface area contributed by atoms with E-state index in [1.54, 1.807) is 0 Å². The molecule has 1 aliphatic rings. The number of para-hydroxylation sites is 1. The molecule has 1 aromatic carbocycles. The predicted octanol–water partition coefficient (Wildman–Crippen LogP) is 3.62. The minimum absolute atomic E-state index is 0. The summed E-state index contributed by atoms with van der Waals surface area (Å²) in [4.78, 5) is 26.7. The van der Waals surface area contributed by atoms with Crippen LogP contribution in [0.3, 0.4) is 0 Å². The number of nitrogens with zero attached hydrogens (tertiary/aromatic N) is 1. The van der Waals surface area contributed by atoms with Gasteiger partial charge < -0.3 is 20.9 Å². The van der Waals surface area contributed by atoms with Gasteiger partial charge >= 0.3 is 6.03 Å². The van der Waals surface area contributed by atoms with Gasteiger partial charge in [-0.1, -0.05) is 39.0 Å². The summed E-state index contributed by atoms with van der Waals surface area (Å²) in [6.07, 6.45) is 2.38. The van der Waals surface area contributed by atoms with Gasteiger partial charge in [0.05, 0.1) is 0 Å². The molecule has 1 heterocycles. The largest absolute Gasteiger partial charge is 0.338 e. The van der Waals surface area contributed by atoms with Gasteiger partial charge in [0, 0.05) is 38.3 Å². The van der Waals surface area contributed by atoms with Gasteiger partial charge in [-0.25, -0.2) is 4.79 Å². The number of rotatable bonds is 8. The smallest absolute Gasteiger partial charge is 0.317 e. The number of benzene rings is 1. The topological polar surface area (TPSA) is 73.5 Å². The molecule has 1 aromatic rings. The van der Waals surface area contributed by atoms with Gasteiger partial charge in [0.2, 0.25) is 5.91 Å². The second kappa shape index (κ2) is 12.6. The first-order valence-electron chi connectivity index (χ1n) is 10.1. The number of piperidine rings is 1. The molecule has 7 heteroatoms. The fourth-order valence-electron chi connectivity index (χ4n) is 3.34. The average molecular weight is 411 g/mol. The summed E-state index contributed by atoms with van der Waals surface area (Å²) in [5, 5.41) is 9.32. The Kier molecular flexibility index (Phi) is 10.9. The normalized spacial score (nSPS) is 16.4. The molecule has 0 bridgehead atoms. The molecule has 1 aliphatic heterocycles. The molecule has 1 unspecified atom stereocenters. The third-order valence-electron chi connectivity index (χ3n) is 4.80. The maximum atomic E-state index is 12.5. The highest BCUT2D eigenvalue weighted by molar-refractivity contribution is 5.91. The number of carbonyl (C=O) groups excluding carboxylic acids is 2. The quantitative estimate of drug-likeness (QED) is 0.612. The number of hydrogen-bond acceptors (Lipinski definition) is 3. The predicted molar refractivity (Wildman–Crippen MR) is 117 cm³/mol. The zero-order valence-electron chi connectivity index (χ0n) is 17.3. The van der Waals surface area contributed by atoms with Gasteiger partial charge in [0.25, 0.3) is 0 Å². The van der Waals surface area contributed by atoms with E-state index < -0.39 is 0 Å². The molecule has 3 amide bonds. The highest BCUT2D eigenvalue weighted by Gasteiger charge is 2.25. The van der Waals surface area contributed by atoms with Crippen molar-refractivity contribution in [3.63, 3.8) is 0 Å². The number of hydrogen-bond donors (Lipinski definition) is 3. The van der Waals surface area contributed by atoms with Crippen molar-refractivity contribution >= 4 is 30.0 Å². The first-order valence-corrected chi connectivity index (χ1v) is 10.1. The maximum Gasteiger partial charge on any atom is 0.317 e. The lowest BCUT2D eigenvalue weighted by atomic mass is 9.94. The van der Waals surface area contributed by atoms with Crippen LogP contribution in [-0.4, -0.2) is 43.0 Å². The number of halogens is 1. The van der Waals surface area contributed by atoms with Crippen LogP contribution in [0.15, 0.2) is 24.3 Å². The molecule has 0 saturated carbocycles. The summed E-state index contributed by atoms with van der Waals surface area (Å²) in [7, 11) is 0. The second-order valence-electron chi connectivity index (χ2n) is 7.72. The molecule has 1 fully saturated rings. The molecule has 2 rings (SSSR count). The average Bonchev–Trinajstić information content (AvgIpc) is 2.65. The Bertz CT molecular complexity index is 624. The van der Waals surface area contributed by atoms with Crippen molar-refractivity contribution in [1.82, 2.24) is 15.5 Å². The van der Waals surface area contributed by atoms with Crippen molar-refractivity contribution in [2.24, 2.45) is 11.8 Å². The SMILES string of the molecule is CCNCc1ccccc1NC(=O)CC1CCCN(C(=O)NCC(C)C)C1.Cl. The number of urea groups is 1. The molecule has 0 aliphatic carbocycles. The van der Waals surface area contributed by atoms with E-state index in [1.165, 1.54) is 0 Å². The molecule has 0 spiro atoms. The van der Waals surface area contributed by atoms with Crippen molar-refractivity contribution < 1.29 is 9.59 Å². The van der Waals surface area contributed by atoms with Gasteiger partial charge in [-0.3, -0.25) is 4.79 Å².